The van der Waals surface area contributed by atoms with Crippen LogP contribution in [0.2, 0.25) is 0 Å². The minimum absolute atomic E-state index is 0. The Bertz CT molecular complexity index is 748. The summed E-state index contributed by atoms with van der Waals surface area (Å²) in [6, 6.07) is 11.0. The zero-order valence-corrected chi connectivity index (χ0v) is 19.6. The summed E-state index contributed by atoms with van der Waals surface area (Å²) in [7, 11) is 1.80. The second kappa shape index (κ2) is 11.5. The number of rotatable bonds is 6. The van der Waals surface area contributed by atoms with Crippen LogP contribution in [-0.2, 0) is 19.6 Å². The first-order valence-electron chi connectivity index (χ1n) is 9.94. The van der Waals surface area contributed by atoms with Crippen molar-refractivity contribution in [1.82, 2.24) is 15.5 Å². The maximum atomic E-state index is 5.57. The standard InChI is InChI=1S/C22H32N4O.HI/c1-17-13-21(18(2)27-17)15-25-22(23-3)24-14-19-7-9-20(10-8-19)16-26-11-5-4-6-12-26;/h7-10,13H,4-6,11-12,14-16H2,1-3H3,(H2,23,24,25);1H. The molecule has 2 heterocycles. The zero-order valence-electron chi connectivity index (χ0n) is 17.3. The number of likely N-dealkylation sites (tertiary alicyclic amines) is 1. The van der Waals surface area contributed by atoms with Gasteiger partial charge in [-0.05, 0) is 57.0 Å². The molecule has 0 bridgehead atoms. The average Bonchev–Trinajstić information content (AvgIpc) is 3.01. The maximum absolute atomic E-state index is 5.57. The second-order valence-electron chi connectivity index (χ2n) is 7.37. The van der Waals surface area contributed by atoms with Gasteiger partial charge in [0.25, 0.3) is 0 Å². The van der Waals surface area contributed by atoms with Gasteiger partial charge in [0.2, 0.25) is 0 Å². The molecule has 0 atom stereocenters. The van der Waals surface area contributed by atoms with E-state index in [2.05, 4.69) is 50.9 Å². The summed E-state index contributed by atoms with van der Waals surface area (Å²) in [6.07, 6.45) is 4.06. The number of aliphatic imine (C=N–C) groups is 1. The summed E-state index contributed by atoms with van der Waals surface area (Å²) in [4.78, 5) is 6.86. The van der Waals surface area contributed by atoms with Gasteiger partial charge in [0, 0.05) is 32.2 Å². The van der Waals surface area contributed by atoms with E-state index in [4.69, 9.17) is 4.42 Å². The fraction of sp³-hybridized carbons (Fsp3) is 0.500. The van der Waals surface area contributed by atoms with Gasteiger partial charge in [0.05, 0.1) is 0 Å². The minimum atomic E-state index is 0. The van der Waals surface area contributed by atoms with Gasteiger partial charge < -0.3 is 15.1 Å². The van der Waals surface area contributed by atoms with Gasteiger partial charge >= 0.3 is 0 Å². The highest BCUT2D eigenvalue weighted by atomic mass is 127. The molecule has 0 spiro atoms. The molecule has 0 saturated carbocycles. The highest BCUT2D eigenvalue weighted by Crippen LogP contribution is 2.14. The molecule has 1 aliphatic heterocycles. The molecule has 2 aromatic rings. The predicted octanol–water partition coefficient (Wildman–Crippen LogP) is 4.37. The molecule has 0 aliphatic carbocycles. The first kappa shape index (κ1) is 22.7. The van der Waals surface area contributed by atoms with E-state index in [9.17, 15) is 0 Å². The number of benzene rings is 1. The molecule has 1 aliphatic rings. The number of furan rings is 1. The van der Waals surface area contributed by atoms with Crippen molar-refractivity contribution >= 4 is 29.9 Å². The van der Waals surface area contributed by atoms with Gasteiger partial charge in [-0.1, -0.05) is 30.7 Å². The number of nitrogens with zero attached hydrogens (tertiary/aromatic N) is 2. The van der Waals surface area contributed by atoms with Crippen LogP contribution in [0, 0.1) is 13.8 Å². The van der Waals surface area contributed by atoms with Crippen molar-refractivity contribution in [3.8, 4) is 0 Å². The number of hydrogen-bond donors (Lipinski definition) is 2. The van der Waals surface area contributed by atoms with E-state index in [1.54, 1.807) is 7.05 Å². The number of hydrogen-bond acceptors (Lipinski definition) is 3. The molecule has 5 nitrogen and oxygen atoms in total. The van der Waals surface area contributed by atoms with Gasteiger partial charge in [0.15, 0.2) is 5.96 Å². The van der Waals surface area contributed by atoms with Crippen LogP contribution in [0.5, 0.6) is 0 Å². The molecule has 1 fully saturated rings. The van der Waals surface area contributed by atoms with E-state index >= 15 is 0 Å². The van der Waals surface area contributed by atoms with Gasteiger partial charge in [-0.2, -0.15) is 0 Å². The van der Waals surface area contributed by atoms with Crippen molar-refractivity contribution in [2.45, 2.75) is 52.7 Å². The van der Waals surface area contributed by atoms with E-state index < -0.39 is 0 Å². The van der Waals surface area contributed by atoms with Crippen molar-refractivity contribution in [3.63, 3.8) is 0 Å². The highest BCUT2D eigenvalue weighted by molar-refractivity contribution is 14.0. The van der Waals surface area contributed by atoms with Crippen LogP contribution in [-0.4, -0.2) is 31.0 Å². The molecule has 1 aromatic carbocycles. The minimum Gasteiger partial charge on any atom is -0.466 e. The summed E-state index contributed by atoms with van der Waals surface area (Å²) in [6.45, 7) is 8.97. The Morgan fingerprint density at radius 1 is 1.00 bits per heavy atom. The van der Waals surface area contributed by atoms with Crippen molar-refractivity contribution in [1.29, 1.82) is 0 Å². The topological polar surface area (TPSA) is 52.8 Å². The maximum Gasteiger partial charge on any atom is 0.191 e. The van der Waals surface area contributed by atoms with Crippen molar-refractivity contribution in [3.05, 3.63) is 58.5 Å². The zero-order chi connectivity index (χ0) is 19.1. The molecule has 28 heavy (non-hydrogen) atoms. The van der Waals surface area contributed by atoms with Crippen LogP contribution in [0.1, 0.15) is 47.5 Å². The lowest BCUT2D eigenvalue weighted by Gasteiger charge is -2.26. The normalized spacial score (nSPS) is 15.2. The van der Waals surface area contributed by atoms with E-state index in [-0.39, 0.29) is 24.0 Å². The Kier molecular flexibility index (Phi) is 9.31. The third kappa shape index (κ3) is 6.81. The summed E-state index contributed by atoms with van der Waals surface area (Å²) < 4.78 is 5.57. The predicted molar refractivity (Wildman–Crippen MR) is 126 cm³/mol. The number of nitrogens with one attached hydrogen (secondary N) is 2. The van der Waals surface area contributed by atoms with Crippen LogP contribution >= 0.6 is 24.0 Å². The van der Waals surface area contributed by atoms with E-state index in [1.165, 1.54) is 43.5 Å². The van der Waals surface area contributed by atoms with E-state index in [0.717, 1.165) is 36.1 Å². The molecule has 2 N–H and O–H groups in total. The SMILES string of the molecule is CN=C(NCc1ccc(CN2CCCCC2)cc1)NCc1cc(C)oc1C.I. The van der Waals surface area contributed by atoms with Crippen LogP contribution in [0.4, 0.5) is 0 Å². The quantitative estimate of drug-likeness (QED) is 0.355. The summed E-state index contributed by atoms with van der Waals surface area (Å²) in [5, 5.41) is 6.73. The largest absolute Gasteiger partial charge is 0.466 e. The summed E-state index contributed by atoms with van der Waals surface area (Å²) in [5.74, 6) is 2.70. The molecular formula is C22H33IN4O. The lowest BCUT2D eigenvalue weighted by Crippen LogP contribution is -2.36. The summed E-state index contributed by atoms with van der Waals surface area (Å²) in [5.41, 5.74) is 3.82. The fourth-order valence-electron chi connectivity index (χ4n) is 3.58. The third-order valence-electron chi connectivity index (χ3n) is 5.15. The Balaban J connectivity index is 0.00000280. The Morgan fingerprint density at radius 2 is 1.64 bits per heavy atom. The summed E-state index contributed by atoms with van der Waals surface area (Å²) >= 11 is 0. The molecule has 3 rings (SSSR count). The lowest BCUT2D eigenvalue weighted by atomic mass is 10.1. The molecular weight excluding hydrogens is 463 g/mol. The number of aryl methyl sites for hydroxylation is 2. The lowest BCUT2D eigenvalue weighted by molar-refractivity contribution is 0.221. The molecule has 154 valence electrons. The first-order valence-corrected chi connectivity index (χ1v) is 9.94. The van der Waals surface area contributed by atoms with Crippen molar-refractivity contribution < 1.29 is 4.42 Å². The van der Waals surface area contributed by atoms with Gasteiger partial charge in [-0.25, -0.2) is 0 Å². The van der Waals surface area contributed by atoms with Gasteiger partial charge in [-0.3, -0.25) is 9.89 Å². The second-order valence-corrected chi connectivity index (χ2v) is 7.37. The smallest absolute Gasteiger partial charge is 0.191 e. The van der Waals surface area contributed by atoms with Gasteiger partial charge in [-0.15, -0.1) is 24.0 Å². The number of guanidine groups is 1. The highest BCUT2D eigenvalue weighted by Gasteiger charge is 2.10. The van der Waals surface area contributed by atoms with Crippen LogP contribution in [0.15, 0.2) is 39.7 Å². The molecule has 0 amide bonds. The Morgan fingerprint density at radius 3 is 2.25 bits per heavy atom. The molecule has 0 unspecified atom stereocenters. The van der Waals surface area contributed by atoms with Crippen LogP contribution < -0.4 is 10.6 Å². The van der Waals surface area contributed by atoms with Crippen LogP contribution in [0.25, 0.3) is 0 Å². The molecule has 6 heteroatoms. The monoisotopic (exact) mass is 496 g/mol. The first-order chi connectivity index (χ1) is 13.1. The average molecular weight is 496 g/mol. The van der Waals surface area contributed by atoms with Crippen LogP contribution in [0.3, 0.4) is 0 Å². The fourth-order valence-corrected chi connectivity index (χ4v) is 3.58. The number of halogens is 1. The van der Waals surface area contributed by atoms with Crippen molar-refractivity contribution in [2.24, 2.45) is 4.99 Å². The molecule has 0 radical (unpaired) electrons. The number of piperidine rings is 1. The van der Waals surface area contributed by atoms with Crippen molar-refractivity contribution in [2.75, 3.05) is 20.1 Å². The Labute approximate surface area is 186 Å². The molecule has 1 aromatic heterocycles. The third-order valence-corrected chi connectivity index (χ3v) is 5.15. The van der Waals surface area contributed by atoms with Gasteiger partial charge in [0.1, 0.15) is 11.5 Å². The Hall–Kier alpha value is -1.54. The van der Waals surface area contributed by atoms with E-state index in [1.807, 2.05) is 13.8 Å². The molecule has 1 saturated heterocycles. The van der Waals surface area contributed by atoms with E-state index in [0.29, 0.717) is 6.54 Å².